The molecule has 0 unspecified atom stereocenters. The van der Waals surface area contributed by atoms with E-state index in [0.717, 1.165) is 22.2 Å². The van der Waals surface area contributed by atoms with Crippen LogP contribution in [0.5, 0.6) is 0 Å². The summed E-state index contributed by atoms with van der Waals surface area (Å²) in [5.41, 5.74) is 3.78. The number of para-hydroxylation sites is 2. The van der Waals surface area contributed by atoms with E-state index in [4.69, 9.17) is 9.97 Å². The number of tetrazole rings is 2. The van der Waals surface area contributed by atoms with E-state index in [1.54, 1.807) is 9.36 Å². The Bertz CT molecular complexity index is 1480. The minimum atomic E-state index is 0.551. The minimum absolute atomic E-state index is 0.551. The lowest BCUT2D eigenvalue weighted by atomic mass is 10.2. The number of rotatable bonds is 8. The van der Waals surface area contributed by atoms with Gasteiger partial charge in [0.2, 0.25) is 10.3 Å². The van der Waals surface area contributed by atoms with Gasteiger partial charge in [-0.05, 0) is 67.6 Å². The van der Waals surface area contributed by atoms with E-state index in [1.807, 2.05) is 84.9 Å². The molecule has 176 valence electrons. The zero-order valence-corrected chi connectivity index (χ0v) is 20.4. The van der Waals surface area contributed by atoms with Crippen molar-refractivity contribution in [2.24, 2.45) is 0 Å². The lowest BCUT2D eigenvalue weighted by Crippen LogP contribution is -2.05. The van der Waals surface area contributed by atoms with Gasteiger partial charge in [-0.15, -0.1) is 10.2 Å². The third-order valence-corrected chi connectivity index (χ3v) is 7.27. The van der Waals surface area contributed by atoms with Crippen LogP contribution in [0.1, 0.15) is 11.1 Å². The summed E-state index contributed by atoms with van der Waals surface area (Å²) in [5, 5.41) is 27.2. The van der Waals surface area contributed by atoms with E-state index >= 15 is 0 Å². The van der Waals surface area contributed by atoms with Gasteiger partial charge in [-0.25, -0.2) is 19.3 Å². The molecule has 0 aliphatic carbocycles. The Morgan fingerprint density at radius 3 is 1.39 bits per heavy atom. The van der Waals surface area contributed by atoms with Crippen molar-refractivity contribution in [3.63, 3.8) is 0 Å². The lowest BCUT2D eigenvalue weighted by molar-refractivity contribution is 0.601. The molecule has 10 nitrogen and oxygen atoms in total. The maximum atomic E-state index is 4.89. The van der Waals surface area contributed by atoms with Gasteiger partial charge in [-0.1, -0.05) is 72.8 Å². The predicted molar refractivity (Wildman–Crippen MR) is 135 cm³/mol. The van der Waals surface area contributed by atoms with E-state index in [2.05, 4.69) is 31.1 Å². The van der Waals surface area contributed by atoms with E-state index in [0.29, 0.717) is 33.5 Å². The molecule has 0 aliphatic rings. The van der Waals surface area contributed by atoms with Crippen LogP contribution in [0.3, 0.4) is 0 Å². The Morgan fingerprint density at radius 1 is 0.528 bits per heavy atom. The van der Waals surface area contributed by atoms with Crippen LogP contribution >= 0.6 is 23.5 Å². The molecule has 0 N–H and O–H groups in total. The highest BCUT2D eigenvalue weighted by Crippen LogP contribution is 2.36. The van der Waals surface area contributed by atoms with Gasteiger partial charge in [0.15, 0.2) is 0 Å². The standard InChI is InChI=1S/C24H18N10S2/c1-3-9-17(10-4-1)15-33-23(27-29-31-33)35-21-22(26-20-14-8-7-13-19(20)25-21)36-24-28-30-32-34(24)16-18-11-5-2-6-12-18/h1-14H,15-16H2. The van der Waals surface area contributed by atoms with Gasteiger partial charge in [0, 0.05) is 0 Å². The number of nitrogens with zero attached hydrogens (tertiary/aromatic N) is 10. The molecule has 0 aliphatic heterocycles. The molecular weight excluding hydrogens is 492 g/mol. The highest BCUT2D eigenvalue weighted by atomic mass is 32.2. The second-order valence-electron chi connectivity index (χ2n) is 7.74. The van der Waals surface area contributed by atoms with Gasteiger partial charge in [-0.3, -0.25) is 0 Å². The molecular formula is C24H18N10S2. The van der Waals surface area contributed by atoms with E-state index in [9.17, 15) is 0 Å². The van der Waals surface area contributed by atoms with Crippen molar-refractivity contribution in [3.8, 4) is 0 Å². The summed E-state index contributed by atoms with van der Waals surface area (Å²) in [6, 6.07) is 27.9. The van der Waals surface area contributed by atoms with Crippen molar-refractivity contribution in [1.29, 1.82) is 0 Å². The maximum absolute atomic E-state index is 4.89. The highest BCUT2D eigenvalue weighted by Gasteiger charge is 2.19. The highest BCUT2D eigenvalue weighted by molar-refractivity contribution is 8.02. The number of fused-ring (bicyclic) bond motifs is 1. The van der Waals surface area contributed by atoms with Crippen LogP contribution in [0.2, 0.25) is 0 Å². The van der Waals surface area contributed by atoms with Crippen LogP contribution < -0.4 is 0 Å². The third-order valence-electron chi connectivity index (χ3n) is 5.23. The molecule has 0 atom stereocenters. The van der Waals surface area contributed by atoms with Gasteiger partial charge < -0.3 is 0 Å². The Morgan fingerprint density at radius 2 is 0.944 bits per heavy atom. The van der Waals surface area contributed by atoms with Crippen LogP contribution in [0, 0.1) is 0 Å². The maximum Gasteiger partial charge on any atom is 0.216 e. The normalized spacial score (nSPS) is 11.2. The Hall–Kier alpha value is -4.16. The van der Waals surface area contributed by atoms with E-state index < -0.39 is 0 Å². The van der Waals surface area contributed by atoms with Crippen molar-refractivity contribution >= 4 is 34.6 Å². The third kappa shape index (κ3) is 4.95. The fourth-order valence-electron chi connectivity index (χ4n) is 3.52. The van der Waals surface area contributed by atoms with Gasteiger partial charge in [0.05, 0.1) is 24.1 Å². The second kappa shape index (κ2) is 10.2. The minimum Gasteiger partial charge on any atom is -0.236 e. The average Bonchev–Trinajstić information content (AvgIpc) is 3.54. The van der Waals surface area contributed by atoms with Crippen LogP contribution in [-0.2, 0) is 13.1 Å². The smallest absolute Gasteiger partial charge is 0.216 e. The fourth-order valence-corrected chi connectivity index (χ4v) is 5.24. The molecule has 0 bridgehead atoms. The van der Waals surface area contributed by atoms with Crippen LogP contribution in [0.15, 0.2) is 105 Å². The molecule has 0 saturated carbocycles. The first-order valence-corrected chi connectivity index (χ1v) is 12.7. The van der Waals surface area contributed by atoms with Crippen molar-refractivity contribution in [1.82, 2.24) is 50.4 Å². The number of hydrogen-bond acceptors (Lipinski definition) is 10. The van der Waals surface area contributed by atoms with Gasteiger partial charge in [-0.2, -0.15) is 0 Å². The predicted octanol–water partition coefficient (Wildman–Crippen LogP) is 4.00. The van der Waals surface area contributed by atoms with Crippen LogP contribution in [-0.4, -0.2) is 50.4 Å². The van der Waals surface area contributed by atoms with Gasteiger partial charge in [0.1, 0.15) is 10.1 Å². The largest absolute Gasteiger partial charge is 0.236 e. The molecule has 0 spiro atoms. The Labute approximate surface area is 214 Å². The molecule has 3 aromatic carbocycles. The summed E-state index contributed by atoms with van der Waals surface area (Å²) in [7, 11) is 0. The molecule has 0 saturated heterocycles. The first-order chi connectivity index (χ1) is 17.8. The number of aromatic nitrogens is 10. The van der Waals surface area contributed by atoms with Gasteiger partial charge >= 0.3 is 0 Å². The van der Waals surface area contributed by atoms with E-state index in [-0.39, 0.29) is 0 Å². The Kier molecular flexibility index (Phi) is 6.33. The first-order valence-electron chi connectivity index (χ1n) is 11.0. The van der Waals surface area contributed by atoms with Crippen molar-refractivity contribution < 1.29 is 0 Å². The van der Waals surface area contributed by atoms with Crippen LogP contribution in [0.4, 0.5) is 0 Å². The lowest BCUT2D eigenvalue weighted by Gasteiger charge is -2.09. The molecule has 6 rings (SSSR count). The quantitative estimate of drug-likeness (QED) is 0.298. The molecule has 0 amide bonds. The molecule has 12 heteroatoms. The zero-order chi connectivity index (χ0) is 24.2. The van der Waals surface area contributed by atoms with E-state index in [1.165, 1.54) is 23.5 Å². The summed E-state index contributed by atoms with van der Waals surface area (Å²) in [4.78, 5) is 9.77. The van der Waals surface area contributed by atoms with Crippen molar-refractivity contribution in [2.75, 3.05) is 0 Å². The Balaban J connectivity index is 1.33. The summed E-state index contributed by atoms with van der Waals surface area (Å²) in [6.07, 6.45) is 0. The second-order valence-corrected chi connectivity index (χ2v) is 9.65. The average molecular weight is 511 g/mol. The number of hydrogen-bond donors (Lipinski definition) is 0. The zero-order valence-electron chi connectivity index (χ0n) is 18.8. The summed E-state index contributed by atoms with van der Waals surface area (Å²) in [5.74, 6) is 0. The monoisotopic (exact) mass is 510 g/mol. The molecule has 0 radical (unpaired) electrons. The summed E-state index contributed by atoms with van der Waals surface area (Å²) >= 11 is 2.74. The van der Waals surface area contributed by atoms with Crippen molar-refractivity contribution in [2.45, 2.75) is 33.5 Å². The first kappa shape index (κ1) is 22.3. The summed E-state index contributed by atoms with van der Waals surface area (Å²) in [6.45, 7) is 1.10. The molecule has 0 fully saturated rings. The van der Waals surface area contributed by atoms with Crippen molar-refractivity contribution in [3.05, 3.63) is 96.1 Å². The number of benzene rings is 3. The molecule has 6 aromatic rings. The molecule has 36 heavy (non-hydrogen) atoms. The molecule has 3 aromatic heterocycles. The van der Waals surface area contributed by atoms with Gasteiger partial charge in [0.25, 0.3) is 0 Å². The molecule has 3 heterocycles. The van der Waals surface area contributed by atoms with Crippen LogP contribution in [0.25, 0.3) is 11.0 Å². The topological polar surface area (TPSA) is 113 Å². The summed E-state index contributed by atoms with van der Waals surface area (Å²) < 4.78 is 3.51. The fraction of sp³-hybridized carbons (Fsp3) is 0.0833. The SMILES string of the molecule is c1ccc(Cn2nnnc2Sc2nc3ccccc3nc2Sc2nnnn2Cc2ccccc2)cc1.